The highest BCUT2D eigenvalue weighted by Gasteiger charge is 2.37. The number of halogens is 3. The number of fused-ring (bicyclic) bond motifs is 1. The van der Waals surface area contributed by atoms with Gasteiger partial charge in [0.2, 0.25) is 5.88 Å². The minimum absolute atomic E-state index is 0.0361. The Morgan fingerprint density at radius 1 is 1.17 bits per heavy atom. The van der Waals surface area contributed by atoms with Crippen LogP contribution in [0.1, 0.15) is 45.4 Å². The summed E-state index contributed by atoms with van der Waals surface area (Å²) < 4.78 is 45.1. The Hall–Kier alpha value is -1.90. The van der Waals surface area contributed by atoms with Gasteiger partial charge in [0.05, 0.1) is 0 Å². The molecule has 1 saturated carbocycles. The van der Waals surface area contributed by atoms with E-state index in [9.17, 15) is 13.2 Å². The largest absolute Gasteiger partial charge is 0.473 e. The van der Waals surface area contributed by atoms with Gasteiger partial charge in [-0.25, -0.2) is 0 Å². The maximum atomic E-state index is 12.9. The van der Waals surface area contributed by atoms with E-state index >= 15 is 0 Å². The molecule has 0 aliphatic heterocycles. The van der Waals surface area contributed by atoms with Crippen LogP contribution in [-0.4, -0.2) is 38.0 Å². The van der Waals surface area contributed by atoms with Gasteiger partial charge < -0.3 is 10.1 Å². The molecule has 0 spiro atoms. The van der Waals surface area contributed by atoms with E-state index in [1.807, 2.05) is 0 Å². The summed E-state index contributed by atoms with van der Waals surface area (Å²) in [5.41, 5.74) is 0.0412. The molecule has 0 atom stereocenters. The van der Waals surface area contributed by atoms with E-state index in [4.69, 9.17) is 4.74 Å². The SMILES string of the molecule is CC(C)NC1CCC(Oc2ccc3nnc(C(F)(F)F)n3n2)CC1. The van der Waals surface area contributed by atoms with Crippen LogP contribution in [0.15, 0.2) is 12.1 Å². The number of hydrogen-bond donors (Lipinski definition) is 1. The van der Waals surface area contributed by atoms with Crippen molar-refractivity contribution < 1.29 is 17.9 Å². The highest BCUT2D eigenvalue weighted by atomic mass is 19.4. The molecule has 0 bridgehead atoms. The molecule has 0 amide bonds. The van der Waals surface area contributed by atoms with Crippen LogP contribution in [0.2, 0.25) is 0 Å². The molecule has 1 aliphatic rings. The fraction of sp³-hybridized carbons (Fsp3) is 0.667. The molecule has 2 aromatic rings. The Morgan fingerprint density at radius 2 is 1.88 bits per heavy atom. The van der Waals surface area contributed by atoms with E-state index in [0.717, 1.165) is 25.7 Å². The molecule has 9 heteroatoms. The van der Waals surface area contributed by atoms with Crippen molar-refractivity contribution in [3.63, 3.8) is 0 Å². The topological polar surface area (TPSA) is 64.3 Å². The van der Waals surface area contributed by atoms with Gasteiger partial charge in [-0.1, -0.05) is 13.8 Å². The van der Waals surface area contributed by atoms with Crippen molar-refractivity contribution in [3.8, 4) is 5.88 Å². The van der Waals surface area contributed by atoms with E-state index in [-0.39, 0.29) is 17.6 Å². The number of nitrogens with zero attached hydrogens (tertiary/aromatic N) is 4. The van der Waals surface area contributed by atoms with Crippen LogP contribution in [0.3, 0.4) is 0 Å². The average molecular weight is 343 g/mol. The Bertz CT molecular complexity index is 692. The minimum Gasteiger partial charge on any atom is -0.473 e. The zero-order chi connectivity index (χ0) is 17.3. The predicted molar refractivity (Wildman–Crippen MR) is 80.7 cm³/mol. The van der Waals surface area contributed by atoms with E-state index in [0.29, 0.717) is 16.6 Å². The lowest BCUT2D eigenvalue weighted by Crippen LogP contribution is -2.39. The first-order valence-corrected chi connectivity index (χ1v) is 8.05. The highest BCUT2D eigenvalue weighted by Crippen LogP contribution is 2.28. The number of nitrogens with one attached hydrogen (secondary N) is 1. The van der Waals surface area contributed by atoms with Crippen LogP contribution >= 0.6 is 0 Å². The van der Waals surface area contributed by atoms with Crippen molar-refractivity contribution in [3.05, 3.63) is 18.0 Å². The molecule has 0 unspecified atom stereocenters. The van der Waals surface area contributed by atoms with Crippen LogP contribution in [0.5, 0.6) is 5.88 Å². The predicted octanol–water partition coefficient (Wildman–Crippen LogP) is 2.83. The van der Waals surface area contributed by atoms with Crippen molar-refractivity contribution in [1.82, 2.24) is 25.1 Å². The zero-order valence-electron chi connectivity index (χ0n) is 13.5. The van der Waals surface area contributed by atoms with Crippen LogP contribution in [0.25, 0.3) is 5.65 Å². The molecule has 6 nitrogen and oxygen atoms in total. The van der Waals surface area contributed by atoms with Gasteiger partial charge >= 0.3 is 6.18 Å². The van der Waals surface area contributed by atoms with Gasteiger partial charge in [0.15, 0.2) is 5.65 Å². The first-order valence-electron chi connectivity index (χ1n) is 8.05. The van der Waals surface area contributed by atoms with Crippen LogP contribution in [0, 0.1) is 0 Å². The number of hydrogen-bond acceptors (Lipinski definition) is 5. The summed E-state index contributed by atoms with van der Waals surface area (Å²) in [6, 6.07) is 3.86. The lowest BCUT2D eigenvalue weighted by molar-refractivity contribution is -0.146. The average Bonchev–Trinajstić information content (AvgIpc) is 2.92. The first-order chi connectivity index (χ1) is 11.3. The Balaban J connectivity index is 1.68. The number of ether oxygens (including phenoxy) is 1. The third kappa shape index (κ3) is 3.77. The second kappa shape index (κ2) is 6.54. The minimum atomic E-state index is -4.61. The second-order valence-corrected chi connectivity index (χ2v) is 6.38. The summed E-state index contributed by atoms with van der Waals surface area (Å²) in [6.45, 7) is 4.22. The van der Waals surface area contributed by atoms with Gasteiger partial charge in [-0.3, -0.25) is 0 Å². The van der Waals surface area contributed by atoms with Gasteiger partial charge in [-0.2, -0.15) is 17.7 Å². The summed E-state index contributed by atoms with van der Waals surface area (Å²) in [4.78, 5) is 0. The third-order valence-electron chi connectivity index (χ3n) is 4.02. The molecular weight excluding hydrogens is 323 g/mol. The molecule has 1 N–H and O–H groups in total. The number of rotatable bonds is 4. The smallest absolute Gasteiger partial charge is 0.453 e. The Kier molecular flexibility index (Phi) is 4.62. The molecule has 0 aromatic carbocycles. The normalized spacial score (nSPS) is 22.2. The first kappa shape index (κ1) is 16.9. The van der Waals surface area contributed by atoms with Crippen molar-refractivity contribution in [2.45, 2.75) is 63.9 Å². The summed E-state index contributed by atoms with van der Waals surface area (Å²) in [5.74, 6) is -0.985. The molecule has 2 aromatic heterocycles. The highest BCUT2D eigenvalue weighted by molar-refractivity contribution is 5.37. The number of aromatic nitrogens is 4. The summed E-state index contributed by atoms with van der Waals surface area (Å²) in [5, 5.41) is 14.0. The summed E-state index contributed by atoms with van der Waals surface area (Å²) in [6.07, 6.45) is -0.995. The van der Waals surface area contributed by atoms with Gasteiger partial charge in [-0.15, -0.1) is 15.3 Å². The zero-order valence-corrected chi connectivity index (χ0v) is 13.5. The van der Waals surface area contributed by atoms with Crippen molar-refractivity contribution in [2.75, 3.05) is 0 Å². The summed E-state index contributed by atoms with van der Waals surface area (Å²) >= 11 is 0. The van der Waals surface area contributed by atoms with Crippen LogP contribution in [-0.2, 0) is 6.18 Å². The molecule has 1 aliphatic carbocycles. The van der Waals surface area contributed by atoms with Crippen LogP contribution < -0.4 is 10.1 Å². The fourth-order valence-corrected chi connectivity index (χ4v) is 3.00. The lowest BCUT2D eigenvalue weighted by atomic mass is 9.92. The molecule has 2 heterocycles. The van der Waals surface area contributed by atoms with Gasteiger partial charge in [0.25, 0.3) is 5.82 Å². The standard InChI is InChI=1S/C15H20F3N5O/c1-9(2)19-10-3-5-11(6-4-10)24-13-8-7-12-20-21-14(15(16,17)18)23(12)22-13/h7-11,19H,3-6H2,1-2H3. The van der Waals surface area contributed by atoms with E-state index < -0.39 is 12.0 Å². The van der Waals surface area contributed by atoms with Gasteiger partial charge in [-0.05, 0) is 31.7 Å². The monoisotopic (exact) mass is 343 g/mol. The third-order valence-corrected chi connectivity index (χ3v) is 4.02. The van der Waals surface area contributed by atoms with Crippen molar-refractivity contribution in [2.24, 2.45) is 0 Å². The summed E-state index contributed by atoms with van der Waals surface area (Å²) in [7, 11) is 0. The van der Waals surface area contributed by atoms with E-state index in [1.54, 1.807) is 0 Å². The van der Waals surface area contributed by atoms with Crippen LogP contribution in [0.4, 0.5) is 13.2 Å². The maximum Gasteiger partial charge on any atom is 0.453 e. The molecule has 0 radical (unpaired) electrons. The van der Waals surface area contributed by atoms with Gasteiger partial charge in [0.1, 0.15) is 6.10 Å². The number of alkyl halides is 3. The Morgan fingerprint density at radius 3 is 2.50 bits per heavy atom. The molecule has 0 saturated heterocycles. The molecular formula is C15H20F3N5O. The van der Waals surface area contributed by atoms with Crippen molar-refractivity contribution >= 4 is 5.65 Å². The molecule has 132 valence electrons. The fourth-order valence-electron chi connectivity index (χ4n) is 3.00. The molecule has 1 fully saturated rings. The molecule has 24 heavy (non-hydrogen) atoms. The van der Waals surface area contributed by atoms with Crippen molar-refractivity contribution in [1.29, 1.82) is 0 Å². The molecule has 3 rings (SSSR count). The lowest BCUT2D eigenvalue weighted by Gasteiger charge is -2.30. The maximum absolute atomic E-state index is 12.9. The second-order valence-electron chi connectivity index (χ2n) is 6.38. The van der Waals surface area contributed by atoms with E-state index in [1.165, 1.54) is 12.1 Å². The van der Waals surface area contributed by atoms with E-state index in [2.05, 4.69) is 34.5 Å². The Labute approximate surface area is 137 Å². The van der Waals surface area contributed by atoms with Gasteiger partial charge in [0, 0.05) is 18.2 Å². The quantitative estimate of drug-likeness (QED) is 0.925.